The molecule has 2 fully saturated rings. The Labute approximate surface area is 237 Å². The molecule has 3 heterocycles. The zero-order chi connectivity index (χ0) is 29.3. The molecule has 1 aliphatic carbocycles. The number of carbonyl (C=O) groups excluding carboxylic acids is 1. The standard InChI is InChI=1S/C27H36N5O8P/c1-18(24(33)39-19-9-5-3-6-10-19)31-41(36,40-20-11-7-4-8-12-20)38-15-26(2)25(34)27(35,16-37-26)22-14-13-21-23(28)29-17-30-32(21)22/h4,7-8,11-14,17-19,25,34-35H,3,5-6,9-10,15-16H2,1-2H3,(H,31,36)(H2,28,29,30)/t18-,25+,26+,27?,41+/m0/s1. The predicted octanol–water partition coefficient (Wildman–Crippen LogP) is 2.71. The van der Waals surface area contributed by atoms with Crippen molar-refractivity contribution in [3.05, 3.63) is 54.5 Å². The number of hydrogen-bond donors (Lipinski definition) is 4. The molecule has 41 heavy (non-hydrogen) atoms. The molecular weight excluding hydrogens is 553 g/mol. The molecule has 0 spiro atoms. The van der Waals surface area contributed by atoms with E-state index in [1.54, 1.807) is 42.5 Å². The van der Waals surface area contributed by atoms with Crippen LogP contribution in [0.3, 0.4) is 0 Å². The number of anilines is 1. The Morgan fingerprint density at radius 3 is 2.71 bits per heavy atom. The van der Waals surface area contributed by atoms with Crippen LogP contribution in [0.4, 0.5) is 5.82 Å². The van der Waals surface area contributed by atoms with Crippen molar-refractivity contribution in [3.63, 3.8) is 0 Å². The first kappa shape index (κ1) is 29.4. The molecular formula is C27H36N5O8P. The van der Waals surface area contributed by atoms with E-state index in [1.807, 2.05) is 0 Å². The molecule has 1 unspecified atom stereocenters. The van der Waals surface area contributed by atoms with Gasteiger partial charge in [-0.25, -0.2) is 14.1 Å². The quantitative estimate of drug-likeness (QED) is 0.201. The van der Waals surface area contributed by atoms with Crippen molar-refractivity contribution in [1.29, 1.82) is 0 Å². The summed E-state index contributed by atoms with van der Waals surface area (Å²) in [5.41, 5.74) is 3.18. The van der Waals surface area contributed by atoms with E-state index in [4.69, 9.17) is 24.3 Å². The molecule has 1 saturated carbocycles. The third-order valence-electron chi connectivity index (χ3n) is 7.61. The van der Waals surface area contributed by atoms with Crippen LogP contribution in [0.1, 0.15) is 51.6 Å². The molecule has 1 aromatic carbocycles. The Morgan fingerprint density at radius 1 is 1.24 bits per heavy atom. The molecule has 222 valence electrons. The summed E-state index contributed by atoms with van der Waals surface area (Å²) in [6.45, 7) is 2.26. The van der Waals surface area contributed by atoms with Gasteiger partial charge in [0.15, 0.2) is 11.4 Å². The van der Waals surface area contributed by atoms with Crippen molar-refractivity contribution >= 4 is 25.1 Å². The van der Waals surface area contributed by atoms with Crippen LogP contribution < -0.4 is 15.3 Å². The van der Waals surface area contributed by atoms with Crippen molar-refractivity contribution in [2.24, 2.45) is 0 Å². The van der Waals surface area contributed by atoms with Gasteiger partial charge >= 0.3 is 13.7 Å². The van der Waals surface area contributed by atoms with Gasteiger partial charge in [0.25, 0.3) is 0 Å². The Hall–Kier alpha value is -3.06. The molecule has 1 aliphatic heterocycles. The van der Waals surface area contributed by atoms with Gasteiger partial charge in [-0.2, -0.15) is 10.2 Å². The van der Waals surface area contributed by atoms with Gasteiger partial charge in [0, 0.05) is 0 Å². The minimum Gasteiger partial charge on any atom is -0.461 e. The lowest BCUT2D eigenvalue weighted by Gasteiger charge is -2.33. The van der Waals surface area contributed by atoms with E-state index >= 15 is 0 Å². The Kier molecular flexibility index (Phi) is 8.38. The van der Waals surface area contributed by atoms with Gasteiger partial charge < -0.3 is 29.9 Å². The van der Waals surface area contributed by atoms with Crippen LogP contribution in [0.5, 0.6) is 5.75 Å². The van der Waals surface area contributed by atoms with E-state index in [9.17, 15) is 19.6 Å². The number of rotatable bonds is 10. The van der Waals surface area contributed by atoms with E-state index in [0.29, 0.717) is 5.52 Å². The number of aliphatic hydroxyl groups is 2. The lowest BCUT2D eigenvalue weighted by atomic mass is 9.86. The first-order valence-electron chi connectivity index (χ1n) is 13.6. The summed E-state index contributed by atoms with van der Waals surface area (Å²) in [5, 5.41) is 29.7. The van der Waals surface area contributed by atoms with Crippen LogP contribution in [0.15, 0.2) is 48.8 Å². The number of hydrogen-bond acceptors (Lipinski definition) is 11. The maximum atomic E-state index is 14.0. The molecule has 14 heteroatoms. The summed E-state index contributed by atoms with van der Waals surface area (Å²) >= 11 is 0. The smallest absolute Gasteiger partial charge is 0.459 e. The molecule has 5 N–H and O–H groups in total. The number of carbonyl (C=O) groups is 1. The highest BCUT2D eigenvalue weighted by Gasteiger charge is 2.58. The van der Waals surface area contributed by atoms with Gasteiger partial charge in [0.1, 0.15) is 41.4 Å². The first-order valence-corrected chi connectivity index (χ1v) is 15.2. The zero-order valence-electron chi connectivity index (χ0n) is 23.0. The van der Waals surface area contributed by atoms with Crippen molar-refractivity contribution in [1.82, 2.24) is 19.7 Å². The van der Waals surface area contributed by atoms with Gasteiger partial charge in [-0.15, -0.1) is 0 Å². The summed E-state index contributed by atoms with van der Waals surface area (Å²) in [4.78, 5) is 16.8. The fourth-order valence-corrected chi connectivity index (χ4v) is 6.80. The summed E-state index contributed by atoms with van der Waals surface area (Å²) in [7, 11) is -4.24. The highest BCUT2D eigenvalue weighted by atomic mass is 31.2. The van der Waals surface area contributed by atoms with Crippen molar-refractivity contribution in [2.45, 2.75) is 75.4 Å². The van der Waals surface area contributed by atoms with Gasteiger partial charge in [0.05, 0.1) is 18.9 Å². The molecule has 13 nitrogen and oxygen atoms in total. The second-order valence-electron chi connectivity index (χ2n) is 10.8. The van der Waals surface area contributed by atoms with E-state index < -0.39 is 43.7 Å². The summed E-state index contributed by atoms with van der Waals surface area (Å²) in [5.74, 6) is -0.130. The highest BCUT2D eigenvalue weighted by molar-refractivity contribution is 7.52. The van der Waals surface area contributed by atoms with E-state index in [2.05, 4.69) is 15.2 Å². The van der Waals surface area contributed by atoms with Crippen LogP contribution in [0, 0.1) is 0 Å². The fraction of sp³-hybridized carbons (Fsp3) is 0.519. The number of nitrogens with one attached hydrogen (secondary N) is 1. The van der Waals surface area contributed by atoms with Gasteiger partial charge in [-0.1, -0.05) is 24.6 Å². The second-order valence-corrected chi connectivity index (χ2v) is 12.5. The average Bonchev–Trinajstić information content (AvgIpc) is 3.50. The largest absolute Gasteiger partial charge is 0.461 e. The lowest BCUT2D eigenvalue weighted by Crippen LogP contribution is -2.50. The number of nitrogens with zero attached hydrogens (tertiary/aromatic N) is 3. The highest BCUT2D eigenvalue weighted by Crippen LogP contribution is 2.48. The van der Waals surface area contributed by atoms with Gasteiger partial charge in [-0.3, -0.25) is 9.32 Å². The molecule has 0 amide bonds. The van der Waals surface area contributed by atoms with E-state index in [1.165, 1.54) is 24.7 Å². The monoisotopic (exact) mass is 589 g/mol. The number of esters is 1. The molecule has 2 aromatic heterocycles. The van der Waals surface area contributed by atoms with E-state index in [-0.39, 0.29) is 30.0 Å². The number of aliphatic hydroxyl groups excluding tert-OH is 1. The normalized spacial score (nSPS) is 27.4. The third-order valence-corrected chi connectivity index (χ3v) is 9.23. The van der Waals surface area contributed by atoms with Crippen LogP contribution in [0.2, 0.25) is 0 Å². The number of aromatic nitrogens is 3. The SMILES string of the molecule is C[C@H](N[P@@](=O)(OC[C@@]1(C)OCC(O)(c2ccc3c(N)ncnn23)[C@@H]1O)Oc1ccccc1)C(=O)OC1CCCCC1. The van der Waals surface area contributed by atoms with Crippen molar-refractivity contribution < 1.29 is 38.1 Å². The summed E-state index contributed by atoms with van der Waals surface area (Å²) < 4.78 is 38.4. The topological polar surface area (TPSA) is 180 Å². The van der Waals surface area contributed by atoms with Crippen LogP contribution in [-0.2, 0) is 29.0 Å². The second kappa shape index (κ2) is 11.7. The summed E-state index contributed by atoms with van der Waals surface area (Å²) in [6.07, 6.45) is 4.20. The molecule has 2 aliphatic rings. The van der Waals surface area contributed by atoms with Crippen molar-refractivity contribution in [3.8, 4) is 5.75 Å². The molecule has 5 rings (SSSR count). The van der Waals surface area contributed by atoms with Crippen molar-refractivity contribution in [2.75, 3.05) is 18.9 Å². The molecule has 1 saturated heterocycles. The Bertz CT molecular complexity index is 1420. The third kappa shape index (κ3) is 6.11. The Balaban J connectivity index is 1.32. The minimum atomic E-state index is -4.24. The van der Waals surface area contributed by atoms with E-state index in [0.717, 1.165) is 32.1 Å². The maximum absolute atomic E-state index is 14.0. The number of ether oxygens (including phenoxy) is 2. The molecule has 5 atom stereocenters. The number of para-hydroxylation sites is 1. The number of nitrogens with two attached hydrogens (primary N) is 1. The predicted molar refractivity (Wildman–Crippen MR) is 148 cm³/mol. The van der Waals surface area contributed by atoms with Crippen LogP contribution in [0.25, 0.3) is 5.52 Å². The maximum Gasteiger partial charge on any atom is 0.459 e. The number of benzene rings is 1. The lowest BCUT2D eigenvalue weighted by molar-refractivity contribution is -0.152. The molecule has 0 radical (unpaired) electrons. The summed E-state index contributed by atoms with van der Waals surface area (Å²) in [6, 6.07) is 10.5. The zero-order valence-corrected chi connectivity index (χ0v) is 23.9. The number of nitrogen functional groups attached to an aromatic ring is 1. The fourth-order valence-electron chi connectivity index (χ4n) is 5.22. The average molecular weight is 590 g/mol. The number of fused-ring (bicyclic) bond motifs is 1. The molecule has 0 bridgehead atoms. The minimum absolute atomic E-state index is 0.180. The molecule has 3 aromatic rings. The van der Waals surface area contributed by atoms with Gasteiger partial charge in [-0.05, 0) is 63.8 Å². The Morgan fingerprint density at radius 2 is 1.98 bits per heavy atom. The van der Waals surface area contributed by atoms with Crippen LogP contribution in [-0.4, -0.2) is 67.8 Å². The van der Waals surface area contributed by atoms with Crippen LogP contribution >= 0.6 is 7.75 Å². The van der Waals surface area contributed by atoms with Gasteiger partial charge in [0.2, 0.25) is 0 Å². The first-order chi connectivity index (χ1) is 19.5.